The number of nitrogens with zero attached hydrogens (tertiary/aromatic N) is 2. The Bertz CT molecular complexity index is 1560. The molecular weight excluding hydrogens is 564 g/mol. The van der Waals surface area contributed by atoms with Gasteiger partial charge in [0.25, 0.3) is 0 Å². The third kappa shape index (κ3) is 6.90. The zero-order chi connectivity index (χ0) is 30.3. The molecule has 0 saturated carbocycles. The van der Waals surface area contributed by atoms with E-state index in [1.807, 2.05) is 24.3 Å². The van der Waals surface area contributed by atoms with Crippen LogP contribution in [0.4, 0.5) is 0 Å². The Kier molecular flexibility index (Phi) is 10.2. The maximum Gasteiger partial charge on any atom is 0.373 e. The average molecular weight is 599 g/mol. The van der Waals surface area contributed by atoms with E-state index in [1.54, 1.807) is 29.0 Å². The van der Waals surface area contributed by atoms with Crippen LogP contribution in [-0.4, -0.2) is 80.6 Å². The fourth-order valence-corrected chi connectivity index (χ4v) is 6.15. The van der Waals surface area contributed by atoms with Crippen LogP contribution in [0.1, 0.15) is 29.6 Å². The quantitative estimate of drug-likeness (QED) is 0.232. The number of carbonyl (C=O) groups excluding carboxylic acids is 2. The molecular formula is C30H34N2O9S. The lowest BCUT2D eigenvalue weighted by Gasteiger charge is -2.29. The van der Waals surface area contributed by atoms with Crippen LogP contribution in [0.5, 0.6) is 5.75 Å². The van der Waals surface area contributed by atoms with E-state index >= 15 is 0 Å². The molecule has 0 fully saturated rings. The number of para-hydroxylation sites is 1. The van der Waals surface area contributed by atoms with Gasteiger partial charge in [-0.3, -0.25) is 9.36 Å². The van der Waals surface area contributed by atoms with Gasteiger partial charge < -0.3 is 24.1 Å². The molecule has 0 bridgehead atoms. The first-order chi connectivity index (χ1) is 20.2. The average Bonchev–Trinajstić information content (AvgIpc) is 3.39. The number of carbonyl (C=O) groups is 2. The van der Waals surface area contributed by atoms with E-state index in [-0.39, 0.29) is 61.8 Å². The largest absolute Gasteiger partial charge is 0.497 e. The second kappa shape index (κ2) is 13.8. The van der Waals surface area contributed by atoms with Gasteiger partial charge in [0.1, 0.15) is 12.4 Å². The Morgan fingerprint density at radius 3 is 2.57 bits per heavy atom. The number of rotatable bonds is 13. The van der Waals surface area contributed by atoms with Gasteiger partial charge in [0.2, 0.25) is 28.0 Å². The van der Waals surface area contributed by atoms with Crippen LogP contribution in [0.2, 0.25) is 0 Å². The highest BCUT2D eigenvalue weighted by Crippen LogP contribution is 2.36. The van der Waals surface area contributed by atoms with Crippen LogP contribution in [0, 0.1) is 0 Å². The number of esters is 1. The van der Waals surface area contributed by atoms with Gasteiger partial charge in [-0.15, -0.1) is 0 Å². The summed E-state index contributed by atoms with van der Waals surface area (Å²) in [6, 6.07) is 13.4. The zero-order valence-corrected chi connectivity index (χ0v) is 24.3. The summed E-state index contributed by atoms with van der Waals surface area (Å²) in [6.07, 6.45) is 4.18. The topological polar surface area (TPSA) is 134 Å². The van der Waals surface area contributed by atoms with Gasteiger partial charge in [0.05, 0.1) is 30.7 Å². The first kappa shape index (κ1) is 31.0. The predicted molar refractivity (Wildman–Crippen MR) is 154 cm³/mol. The summed E-state index contributed by atoms with van der Waals surface area (Å²) in [5.41, 5.74) is 1.53. The number of aliphatic hydroxyl groups excluding tert-OH is 1. The van der Waals surface area contributed by atoms with Crippen molar-refractivity contribution in [3.05, 3.63) is 84.8 Å². The summed E-state index contributed by atoms with van der Waals surface area (Å²) < 4.78 is 51.2. The Labute approximate surface area is 244 Å². The van der Waals surface area contributed by atoms with Crippen LogP contribution >= 0.6 is 0 Å². The molecule has 1 unspecified atom stereocenters. The van der Waals surface area contributed by atoms with E-state index in [1.165, 1.54) is 32.2 Å². The molecule has 3 aromatic rings. The lowest BCUT2D eigenvalue weighted by Crippen LogP contribution is -2.37. The molecule has 1 aliphatic heterocycles. The molecule has 4 rings (SSSR count). The Morgan fingerprint density at radius 1 is 1.17 bits per heavy atom. The standard InChI is InChI=1S/C30H34N2O9S/c1-4-16-40-30(35)28-18-22(26-20-32(21(2)34)27-8-6-5-7-25(26)27)19-29(41-28)39-17-14-31(13-15-33)42(36,37)24-11-9-23(38-3)10-12-24/h4-12,18,20,22,29,33H,1,13-17,19H2,2-3H3/t22-,29?/m0/s1. The molecule has 2 atom stereocenters. The highest BCUT2D eigenvalue weighted by Gasteiger charge is 2.32. The highest BCUT2D eigenvalue weighted by atomic mass is 32.2. The molecule has 1 aliphatic rings. The third-order valence-corrected chi connectivity index (χ3v) is 8.68. The molecule has 0 aliphatic carbocycles. The lowest BCUT2D eigenvalue weighted by atomic mass is 9.92. The fourth-order valence-electron chi connectivity index (χ4n) is 4.74. The van der Waals surface area contributed by atoms with Crippen molar-refractivity contribution in [2.24, 2.45) is 0 Å². The van der Waals surface area contributed by atoms with Gasteiger partial charge in [-0.05, 0) is 42.0 Å². The van der Waals surface area contributed by atoms with E-state index in [9.17, 15) is 23.1 Å². The maximum absolute atomic E-state index is 13.2. The first-order valence-electron chi connectivity index (χ1n) is 13.3. The van der Waals surface area contributed by atoms with Crippen molar-refractivity contribution in [1.29, 1.82) is 0 Å². The van der Waals surface area contributed by atoms with Crippen LogP contribution in [-0.2, 0) is 29.0 Å². The number of methoxy groups -OCH3 is 1. The predicted octanol–water partition coefficient (Wildman–Crippen LogP) is 3.45. The van der Waals surface area contributed by atoms with Crippen LogP contribution in [0.15, 0.2) is 84.1 Å². The van der Waals surface area contributed by atoms with Crippen molar-refractivity contribution < 1.29 is 42.1 Å². The molecule has 11 nitrogen and oxygen atoms in total. The van der Waals surface area contributed by atoms with E-state index < -0.39 is 22.3 Å². The maximum atomic E-state index is 13.2. The van der Waals surface area contributed by atoms with Crippen molar-refractivity contribution in [3.63, 3.8) is 0 Å². The second-order valence-electron chi connectivity index (χ2n) is 9.47. The Balaban J connectivity index is 1.55. The Morgan fingerprint density at radius 2 is 1.90 bits per heavy atom. The molecule has 2 aromatic carbocycles. The molecule has 42 heavy (non-hydrogen) atoms. The normalized spacial score (nSPS) is 17.0. The van der Waals surface area contributed by atoms with Crippen molar-refractivity contribution in [3.8, 4) is 5.75 Å². The van der Waals surface area contributed by atoms with Gasteiger partial charge in [0, 0.05) is 43.9 Å². The molecule has 2 heterocycles. The van der Waals surface area contributed by atoms with Gasteiger partial charge in [-0.25, -0.2) is 13.2 Å². The summed E-state index contributed by atoms with van der Waals surface area (Å²) in [7, 11) is -2.46. The minimum absolute atomic E-state index is 0.0152. The number of benzene rings is 2. The smallest absolute Gasteiger partial charge is 0.373 e. The zero-order valence-electron chi connectivity index (χ0n) is 23.5. The number of ether oxygens (including phenoxy) is 4. The van der Waals surface area contributed by atoms with Crippen molar-refractivity contribution in [2.75, 3.05) is 40.0 Å². The van der Waals surface area contributed by atoms with Crippen molar-refractivity contribution in [1.82, 2.24) is 8.87 Å². The van der Waals surface area contributed by atoms with Crippen molar-refractivity contribution >= 4 is 32.8 Å². The number of hydrogen-bond donors (Lipinski definition) is 1. The van der Waals surface area contributed by atoms with Gasteiger partial charge in [-0.1, -0.05) is 30.9 Å². The van der Waals surface area contributed by atoms with Gasteiger partial charge in [0.15, 0.2) is 0 Å². The first-order valence-corrected chi connectivity index (χ1v) is 14.8. The minimum atomic E-state index is -3.94. The molecule has 1 aromatic heterocycles. The number of allylic oxidation sites excluding steroid dienone is 1. The number of fused-ring (bicyclic) bond motifs is 1. The van der Waals surface area contributed by atoms with E-state index in [0.717, 1.165) is 20.8 Å². The molecule has 1 N–H and O–H groups in total. The van der Waals surface area contributed by atoms with Crippen LogP contribution in [0.25, 0.3) is 10.9 Å². The summed E-state index contributed by atoms with van der Waals surface area (Å²) in [4.78, 5) is 25.1. The second-order valence-corrected chi connectivity index (χ2v) is 11.4. The molecule has 0 amide bonds. The minimum Gasteiger partial charge on any atom is -0.497 e. The highest BCUT2D eigenvalue weighted by molar-refractivity contribution is 7.89. The van der Waals surface area contributed by atoms with Gasteiger partial charge >= 0.3 is 5.97 Å². The summed E-state index contributed by atoms with van der Waals surface area (Å²) in [6.45, 7) is 4.31. The molecule has 12 heteroatoms. The summed E-state index contributed by atoms with van der Waals surface area (Å²) in [5, 5.41) is 10.4. The number of hydrogen-bond acceptors (Lipinski definition) is 9. The molecule has 224 valence electrons. The molecule has 0 saturated heterocycles. The number of sulfonamides is 1. The van der Waals surface area contributed by atoms with Crippen LogP contribution < -0.4 is 4.74 Å². The Hall–Kier alpha value is -3.97. The van der Waals surface area contributed by atoms with E-state index in [0.29, 0.717) is 5.75 Å². The van der Waals surface area contributed by atoms with E-state index in [2.05, 4.69) is 6.58 Å². The van der Waals surface area contributed by atoms with E-state index in [4.69, 9.17) is 18.9 Å². The van der Waals surface area contributed by atoms with Crippen molar-refractivity contribution in [2.45, 2.75) is 30.4 Å². The monoisotopic (exact) mass is 598 g/mol. The fraction of sp³-hybridized carbons (Fsp3) is 0.333. The summed E-state index contributed by atoms with van der Waals surface area (Å²) >= 11 is 0. The lowest BCUT2D eigenvalue weighted by molar-refractivity contribution is -0.160. The number of aromatic nitrogens is 1. The van der Waals surface area contributed by atoms with Crippen LogP contribution in [0.3, 0.4) is 0 Å². The number of aliphatic hydroxyl groups is 1. The third-order valence-electron chi connectivity index (χ3n) is 6.76. The molecule has 0 spiro atoms. The van der Waals surface area contributed by atoms with Gasteiger partial charge in [-0.2, -0.15) is 4.31 Å². The summed E-state index contributed by atoms with van der Waals surface area (Å²) in [5.74, 6) is -0.786. The molecule has 0 radical (unpaired) electrons. The SMILES string of the molecule is C=CCOC(=O)C1=C[C@H](c2cn(C(C)=O)c3ccccc23)CC(OCCN(CCO)S(=O)(=O)c2ccc(OC)cc2)O1.